The first-order chi connectivity index (χ1) is 10.7. The monoisotopic (exact) mass is 294 g/mol. The maximum atomic E-state index is 9.64. The molecule has 114 valence electrons. The predicted octanol–water partition coefficient (Wildman–Crippen LogP) is 4.88. The third kappa shape index (κ3) is 3.01. The molecule has 0 heterocycles. The van der Waals surface area contributed by atoms with Crippen LogP contribution in [0.4, 0.5) is 0 Å². The Morgan fingerprint density at radius 2 is 1.50 bits per heavy atom. The zero-order valence-electron chi connectivity index (χ0n) is 12.9. The van der Waals surface area contributed by atoms with Gasteiger partial charge >= 0.3 is 0 Å². The number of phenols is 2. The first-order valence-electron chi connectivity index (χ1n) is 7.96. The number of rotatable bonds is 3. The van der Waals surface area contributed by atoms with Gasteiger partial charge in [0.25, 0.3) is 0 Å². The van der Waals surface area contributed by atoms with E-state index in [1.165, 1.54) is 16.7 Å². The Bertz CT molecular complexity index is 671. The number of aromatic hydroxyl groups is 2. The minimum atomic E-state index is 0.318. The van der Waals surface area contributed by atoms with Gasteiger partial charge in [0.05, 0.1) is 0 Å². The van der Waals surface area contributed by atoms with E-state index in [0.29, 0.717) is 23.3 Å². The third-order valence-corrected chi connectivity index (χ3v) is 4.59. The van der Waals surface area contributed by atoms with Crippen molar-refractivity contribution in [2.75, 3.05) is 0 Å². The van der Waals surface area contributed by atoms with Crippen LogP contribution in [0.1, 0.15) is 48.3 Å². The van der Waals surface area contributed by atoms with Gasteiger partial charge < -0.3 is 10.2 Å². The molecule has 22 heavy (non-hydrogen) atoms. The van der Waals surface area contributed by atoms with E-state index in [1.54, 1.807) is 18.2 Å². The standard InChI is InChI=1S/C20H22O2/c1-2-14-13-19(22)11-12-20(14)17-5-3-15(4-6-17)16-7-9-18(21)10-8-16/h3,5,7-13,15,17,21-22H,2,4,6H2,1H3. The zero-order valence-corrected chi connectivity index (χ0v) is 12.9. The highest BCUT2D eigenvalue weighted by Gasteiger charge is 2.20. The summed E-state index contributed by atoms with van der Waals surface area (Å²) in [6.45, 7) is 2.13. The molecule has 0 aliphatic heterocycles. The molecule has 2 atom stereocenters. The molecule has 1 aliphatic carbocycles. The molecule has 2 nitrogen and oxygen atoms in total. The van der Waals surface area contributed by atoms with Crippen LogP contribution in [0, 0.1) is 0 Å². The maximum Gasteiger partial charge on any atom is 0.115 e. The molecular formula is C20H22O2. The first-order valence-corrected chi connectivity index (χ1v) is 7.96. The summed E-state index contributed by atoms with van der Waals surface area (Å²) >= 11 is 0. The number of hydrogen-bond acceptors (Lipinski definition) is 2. The lowest BCUT2D eigenvalue weighted by Crippen LogP contribution is -2.08. The number of benzene rings is 2. The number of allylic oxidation sites excluding steroid dienone is 2. The van der Waals surface area contributed by atoms with Crippen LogP contribution in [0.3, 0.4) is 0 Å². The molecule has 2 heteroatoms. The average Bonchev–Trinajstić information content (AvgIpc) is 2.56. The van der Waals surface area contributed by atoms with Gasteiger partial charge in [-0.3, -0.25) is 0 Å². The van der Waals surface area contributed by atoms with E-state index in [1.807, 2.05) is 18.2 Å². The number of hydrogen-bond donors (Lipinski definition) is 2. The fourth-order valence-corrected chi connectivity index (χ4v) is 3.34. The minimum absolute atomic E-state index is 0.318. The van der Waals surface area contributed by atoms with E-state index in [0.717, 1.165) is 19.3 Å². The van der Waals surface area contributed by atoms with Gasteiger partial charge in [-0.25, -0.2) is 0 Å². The fraction of sp³-hybridized carbons (Fsp3) is 0.300. The lowest BCUT2D eigenvalue weighted by atomic mass is 9.80. The van der Waals surface area contributed by atoms with E-state index in [4.69, 9.17) is 0 Å². The van der Waals surface area contributed by atoms with Crippen molar-refractivity contribution in [3.63, 3.8) is 0 Å². The van der Waals surface area contributed by atoms with Crippen molar-refractivity contribution in [2.24, 2.45) is 0 Å². The predicted molar refractivity (Wildman–Crippen MR) is 89.4 cm³/mol. The van der Waals surface area contributed by atoms with E-state index in [9.17, 15) is 10.2 Å². The van der Waals surface area contributed by atoms with Crippen LogP contribution < -0.4 is 0 Å². The van der Waals surface area contributed by atoms with E-state index >= 15 is 0 Å². The molecule has 0 saturated heterocycles. The molecule has 0 amide bonds. The van der Waals surface area contributed by atoms with Crippen LogP contribution in [-0.4, -0.2) is 10.2 Å². The molecule has 0 radical (unpaired) electrons. The van der Waals surface area contributed by atoms with Crippen molar-refractivity contribution in [3.05, 3.63) is 71.3 Å². The van der Waals surface area contributed by atoms with Crippen molar-refractivity contribution >= 4 is 0 Å². The van der Waals surface area contributed by atoms with Gasteiger partial charge in [0.15, 0.2) is 0 Å². The molecule has 0 bridgehead atoms. The summed E-state index contributed by atoms with van der Waals surface area (Å²) in [6.07, 6.45) is 7.74. The molecule has 0 spiro atoms. The zero-order chi connectivity index (χ0) is 15.5. The Morgan fingerprint density at radius 1 is 0.864 bits per heavy atom. The molecule has 0 fully saturated rings. The van der Waals surface area contributed by atoms with Crippen LogP contribution in [0.25, 0.3) is 0 Å². The SMILES string of the molecule is CCc1cc(O)ccc1C1C=CC(c2ccc(O)cc2)CC1. The molecule has 2 aromatic rings. The lowest BCUT2D eigenvalue weighted by molar-refractivity contribution is 0.473. The van der Waals surface area contributed by atoms with Crippen LogP contribution in [0.15, 0.2) is 54.6 Å². The highest BCUT2D eigenvalue weighted by atomic mass is 16.3. The summed E-state index contributed by atoms with van der Waals surface area (Å²) in [7, 11) is 0. The quantitative estimate of drug-likeness (QED) is 0.792. The number of aryl methyl sites for hydroxylation is 1. The first kappa shape index (κ1) is 14.7. The van der Waals surface area contributed by atoms with Gasteiger partial charge in [-0.05, 0) is 60.2 Å². The van der Waals surface area contributed by atoms with Crippen molar-refractivity contribution < 1.29 is 10.2 Å². The Balaban J connectivity index is 1.80. The van der Waals surface area contributed by atoms with E-state index in [2.05, 4.69) is 25.1 Å². The second-order valence-corrected chi connectivity index (χ2v) is 6.00. The lowest BCUT2D eigenvalue weighted by Gasteiger charge is -2.25. The van der Waals surface area contributed by atoms with Crippen molar-refractivity contribution in [2.45, 2.75) is 38.0 Å². The Morgan fingerprint density at radius 3 is 2.14 bits per heavy atom. The van der Waals surface area contributed by atoms with Crippen molar-refractivity contribution in [3.8, 4) is 11.5 Å². The maximum absolute atomic E-state index is 9.64. The van der Waals surface area contributed by atoms with Gasteiger partial charge in [-0.1, -0.05) is 37.3 Å². The largest absolute Gasteiger partial charge is 0.508 e. The molecule has 2 aromatic carbocycles. The van der Waals surface area contributed by atoms with E-state index < -0.39 is 0 Å². The minimum Gasteiger partial charge on any atom is -0.508 e. The van der Waals surface area contributed by atoms with Gasteiger partial charge in [-0.2, -0.15) is 0 Å². The number of phenolic OH excluding ortho intramolecular Hbond substituents is 2. The van der Waals surface area contributed by atoms with Crippen molar-refractivity contribution in [1.29, 1.82) is 0 Å². The molecule has 3 rings (SSSR count). The second kappa shape index (κ2) is 6.27. The molecular weight excluding hydrogens is 272 g/mol. The fourth-order valence-electron chi connectivity index (χ4n) is 3.34. The highest BCUT2D eigenvalue weighted by Crippen LogP contribution is 2.37. The van der Waals surface area contributed by atoms with E-state index in [-0.39, 0.29) is 0 Å². The molecule has 0 saturated carbocycles. The second-order valence-electron chi connectivity index (χ2n) is 6.00. The van der Waals surface area contributed by atoms with Gasteiger partial charge in [0, 0.05) is 11.8 Å². The molecule has 1 aliphatic rings. The van der Waals surface area contributed by atoms with Gasteiger partial charge in [-0.15, -0.1) is 0 Å². The van der Waals surface area contributed by atoms with Crippen LogP contribution >= 0.6 is 0 Å². The highest BCUT2D eigenvalue weighted by molar-refractivity contribution is 5.40. The van der Waals surface area contributed by atoms with Crippen LogP contribution in [-0.2, 0) is 6.42 Å². The summed E-state index contributed by atoms with van der Waals surface area (Å²) in [5, 5.41) is 19.0. The molecule has 0 aromatic heterocycles. The summed E-state index contributed by atoms with van der Waals surface area (Å²) in [6, 6.07) is 13.2. The third-order valence-electron chi connectivity index (χ3n) is 4.59. The summed E-state index contributed by atoms with van der Waals surface area (Å²) in [5.74, 6) is 1.53. The topological polar surface area (TPSA) is 40.5 Å². The Labute approximate surface area is 131 Å². The summed E-state index contributed by atoms with van der Waals surface area (Å²) in [4.78, 5) is 0. The molecule has 2 unspecified atom stereocenters. The van der Waals surface area contributed by atoms with Crippen LogP contribution in [0.2, 0.25) is 0 Å². The molecule has 2 N–H and O–H groups in total. The Kier molecular flexibility index (Phi) is 4.19. The average molecular weight is 294 g/mol. The van der Waals surface area contributed by atoms with Crippen LogP contribution in [0.5, 0.6) is 11.5 Å². The Hall–Kier alpha value is -2.22. The summed E-state index contributed by atoms with van der Waals surface area (Å²) < 4.78 is 0. The van der Waals surface area contributed by atoms with Gasteiger partial charge in [0.2, 0.25) is 0 Å². The normalized spacial score (nSPS) is 21.0. The van der Waals surface area contributed by atoms with Crippen molar-refractivity contribution in [1.82, 2.24) is 0 Å². The smallest absolute Gasteiger partial charge is 0.115 e. The summed E-state index contributed by atoms with van der Waals surface area (Å²) in [5.41, 5.74) is 3.83. The van der Waals surface area contributed by atoms with Gasteiger partial charge in [0.1, 0.15) is 11.5 Å².